The lowest BCUT2D eigenvalue weighted by Crippen LogP contribution is -2.43. The molecule has 0 N–H and O–H groups in total. The average Bonchev–Trinajstić information content (AvgIpc) is 3.58. The molecule has 3 aliphatic heterocycles. The summed E-state index contributed by atoms with van der Waals surface area (Å²) >= 11 is 0. The molecule has 0 aliphatic carbocycles. The van der Waals surface area contributed by atoms with Gasteiger partial charge in [-0.1, -0.05) is 0 Å². The highest BCUT2D eigenvalue weighted by atomic mass is 16.5. The maximum atomic E-state index is 6.21. The molecule has 2 fully saturated rings. The molecule has 5 heterocycles. The third-order valence-electron chi connectivity index (χ3n) is 6.98. The molecule has 0 bridgehead atoms. The summed E-state index contributed by atoms with van der Waals surface area (Å²) in [6, 6.07) is 6.89. The van der Waals surface area contributed by atoms with Crippen molar-refractivity contribution in [3.05, 3.63) is 30.7 Å². The van der Waals surface area contributed by atoms with Gasteiger partial charge < -0.3 is 14.2 Å². The minimum Gasteiger partial charge on any atom is -0.491 e. The van der Waals surface area contributed by atoms with E-state index in [1.807, 2.05) is 4.68 Å². The molecule has 1 atom stereocenters. The Morgan fingerprint density at radius 1 is 1.03 bits per heavy atom. The normalized spacial score (nSPS) is 21.0. The number of anilines is 1. The van der Waals surface area contributed by atoms with Crippen LogP contribution in [-0.4, -0.2) is 61.6 Å². The Hall–Kier alpha value is -2.87. The first-order chi connectivity index (χ1) is 15.7. The van der Waals surface area contributed by atoms with Crippen LogP contribution in [0.15, 0.2) is 30.7 Å². The minimum absolute atomic E-state index is 0.233. The first kappa shape index (κ1) is 19.8. The van der Waals surface area contributed by atoms with Crippen LogP contribution in [0, 0.1) is 0 Å². The van der Waals surface area contributed by atoms with E-state index in [1.165, 1.54) is 44.5 Å². The van der Waals surface area contributed by atoms with Gasteiger partial charge in [0.25, 0.3) is 0 Å². The molecule has 0 amide bonds. The number of hydrogen-bond acceptors (Lipinski definition) is 6. The van der Waals surface area contributed by atoms with E-state index in [2.05, 4.69) is 62.7 Å². The van der Waals surface area contributed by atoms with Gasteiger partial charge in [0.2, 0.25) is 0 Å². The maximum absolute atomic E-state index is 6.21. The van der Waals surface area contributed by atoms with Crippen LogP contribution < -0.4 is 9.64 Å². The Bertz CT molecular complexity index is 1110. The van der Waals surface area contributed by atoms with E-state index in [4.69, 9.17) is 9.72 Å². The van der Waals surface area contributed by atoms with Crippen LogP contribution in [0.25, 0.3) is 22.9 Å². The Labute approximate surface area is 188 Å². The lowest BCUT2D eigenvalue weighted by molar-refractivity contribution is 0.248. The Balaban J connectivity index is 1.35. The van der Waals surface area contributed by atoms with Crippen LogP contribution >= 0.6 is 0 Å². The third kappa shape index (κ3) is 3.28. The summed E-state index contributed by atoms with van der Waals surface area (Å²) < 4.78 is 10.3. The molecular formula is C24H31N7O. The molecule has 0 spiro atoms. The van der Waals surface area contributed by atoms with Gasteiger partial charge in [-0.2, -0.15) is 5.10 Å². The Morgan fingerprint density at radius 2 is 1.91 bits per heavy atom. The number of benzene rings is 1. The molecule has 1 aromatic carbocycles. The van der Waals surface area contributed by atoms with Gasteiger partial charge in [0.15, 0.2) is 5.82 Å². The Kier molecular flexibility index (Phi) is 4.90. The lowest BCUT2D eigenvalue weighted by atomic mass is 10.1. The first-order valence-corrected chi connectivity index (χ1v) is 11.9. The van der Waals surface area contributed by atoms with Gasteiger partial charge in [-0.3, -0.25) is 4.90 Å². The molecule has 2 aromatic heterocycles. The third-order valence-corrected chi connectivity index (χ3v) is 6.98. The van der Waals surface area contributed by atoms with Gasteiger partial charge in [0.1, 0.15) is 30.2 Å². The number of aromatic nitrogens is 5. The van der Waals surface area contributed by atoms with Crippen LogP contribution in [0.4, 0.5) is 5.69 Å². The zero-order valence-corrected chi connectivity index (χ0v) is 18.9. The lowest BCUT2D eigenvalue weighted by Gasteiger charge is -2.34. The molecule has 0 saturated carbocycles. The SMILES string of the molecule is CC(C)n1ncnc1-c1cn2c(n1)-c1ccc(N3CCCC3N3CCCC3)cc1OCC2. The molecule has 2 saturated heterocycles. The van der Waals surface area contributed by atoms with E-state index in [0.29, 0.717) is 12.8 Å². The van der Waals surface area contributed by atoms with Gasteiger partial charge in [-0.15, -0.1) is 0 Å². The highest BCUT2D eigenvalue weighted by Crippen LogP contribution is 2.38. The molecule has 6 rings (SSSR count). The summed E-state index contributed by atoms with van der Waals surface area (Å²) in [5.74, 6) is 2.68. The molecule has 32 heavy (non-hydrogen) atoms. The van der Waals surface area contributed by atoms with Gasteiger partial charge in [-0.05, 0) is 51.7 Å². The van der Waals surface area contributed by atoms with E-state index in [9.17, 15) is 0 Å². The van der Waals surface area contributed by atoms with Crippen molar-refractivity contribution < 1.29 is 4.74 Å². The van der Waals surface area contributed by atoms with Crippen molar-refractivity contribution >= 4 is 5.69 Å². The summed E-state index contributed by atoms with van der Waals surface area (Å²) in [5.41, 5.74) is 3.17. The van der Waals surface area contributed by atoms with E-state index in [-0.39, 0.29) is 6.04 Å². The van der Waals surface area contributed by atoms with Crippen molar-refractivity contribution in [1.29, 1.82) is 0 Å². The molecule has 0 radical (unpaired) electrons. The van der Waals surface area contributed by atoms with Crippen molar-refractivity contribution in [3.8, 4) is 28.7 Å². The number of fused-ring (bicyclic) bond motifs is 3. The van der Waals surface area contributed by atoms with E-state index in [0.717, 1.165) is 41.7 Å². The molecule has 1 unspecified atom stereocenters. The average molecular weight is 434 g/mol. The summed E-state index contributed by atoms with van der Waals surface area (Å²) in [4.78, 5) is 14.7. The summed E-state index contributed by atoms with van der Waals surface area (Å²) in [6.07, 6.45) is 9.37. The minimum atomic E-state index is 0.233. The van der Waals surface area contributed by atoms with Gasteiger partial charge in [0.05, 0.1) is 18.3 Å². The number of nitrogens with zero attached hydrogens (tertiary/aromatic N) is 7. The van der Waals surface area contributed by atoms with Crippen molar-refractivity contribution in [2.24, 2.45) is 0 Å². The molecule has 8 heteroatoms. The largest absolute Gasteiger partial charge is 0.491 e. The number of imidazole rings is 1. The van der Waals surface area contributed by atoms with Crippen molar-refractivity contribution in [2.75, 3.05) is 31.1 Å². The van der Waals surface area contributed by atoms with Crippen molar-refractivity contribution in [2.45, 2.75) is 58.3 Å². The molecule has 3 aromatic rings. The quantitative estimate of drug-likeness (QED) is 0.624. The summed E-state index contributed by atoms with van der Waals surface area (Å²) in [6.45, 7) is 9.18. The predicted molar refractivity (Wildman–Crippen MR) is 124 cm³/mol. The number of likely N-dealkylation sites (tertiary alicyclic amines) is 1. The van der Waals surface area contributed by atoms with E-state index >= 15 is 0 Å². The maximum Gasteiger partial charge on any atom is 0.178 e. The second-order valence-electron chi connectivity index (χ2n) is 9.35. The zero-order valence-electron chi connectivity index (χ0n) is 18.9. The predicted octanol–water partition coefficient (Wildman–Crippen LogP) is 3.80. The summed E-state index contributed by atoms with van der Waals surface area (Å²) in [5, 5.41) is 4.38. The highest BCUT2D eigenvalue weighted by molar-refractivity contribution is 5.72. The van der Waals surface area contributed by atoms with Crippen LogP contribution in [0.2, 0.25) is 0 Å². The summed E-state index contributed by atoms with van der Waals surface area (Å²) in [7, 11) is 0. The first-order valence-electron chi connectivity index (χ1n) is 11.9. The second-order valence-corrected chi connectivity index (χ2v) is 9.35. The van der Waals surface area contributed by atoms with E-state index in [1.54, 1.807) is 6.33 Å². The van der Waals surface area contributed by atoms with Crippen molar-refractivity contribution in [1.82, 2.24) is 29.2 Å². The van der Waals surface area contributed by atoms with Crippen LogP contribution in [-0.2, 0) is 6.54 Å². The molecule has 8 nitrogen and oxygen atoms in total. The molecule has 3 aliphatic rings. The van der Waals surface area contributed by atoms with Crippen LogP contribution in [0.3, 0.4) is 0 Å². The Morgan fingerprint density at radius 3 is 2.75 bits per heavy atom. The van der Waals surface area contributed by atoms with Gasteiger partial charge >= 0.3 is 0 Å². The fourth-order valence-corrected chi connectivity index (χ4v) is 5.44. The topological polar surface area (TPSA) is 64.2 Å². The number of rotatable bonds is 4. The fourth-order valence-electron chi connectivity index (χ4n) is 5.44. The number of hydrogen-bond donors (Lipinski definition) is 0. The monoisotopic (exact) mass is 433 g/mol. The van der Waals surface area contributed by atoms with Gasteiger partial charge in [-0.25, -0.2) is 14.6 Å². The smallest absolute Gasteiger partial charge is 0.178 e. The van der Waals surface area contributed by atoms with Crippen LogP contribution in [0.5, 0.6) is 5.75 Å². The fraction of sp³-hybridized carbons (Fsp3) is 0.542. The van der Waals surface area contributed by atoms with Gasteiger partial charge in [0, 0.05) is 43.6 Å². The zero-order chi connectivity index (χ0) is 21.7. The standard InChI is InChI=1S/C24H31N7O/c1-17(2)31-24(25-16-26-31)20-15-29-12-13-32-21-14-18(7-8-19(21)23(29)27-20)30-11-5-6-22(30)28-9-3-4-10-28/h7-8,14-17,22H,3-6,9-13H2,1-2H3. The van der Waals surface area contributed by atoms with Crippen molar-refractivity contribution in [3.63, 3.8) is 0 Å². The molecular weight excluding hydrogens is 402 g/mol. The number of ether oxygens (including phenoxy) is 1. The van der Waals surface area contributed by atoms with E-state index < -0.39 is 0 Å². The molecule has 168 valence electrons. The second kappa shape index (κ2) is 7.92. The highest BCUT2D eigenvalue weighted by Gasteiger charge is 2.32. The van der Waals surface area contributed by atoms with Crippen LogP contribution in [0.1, 0.15) is 45.6 Å².